The van der Waals surface area contributed by atoms with Gasteiger partial charge in [0.15, 0.2) is 0 Å². The molecule has 0 atom stereocenters. The lowest BCUT2D eigenvalue weighted by Gasteiger charge is -2.02. The van der Waals surface area contributed by atoms with Crippen molar-refractivity contribution < 1.29 is 39.0 Å². The van der Waals surface area contributed by atoms with Crippen LogP contribution in [0.15, 0.2) is 0 Å². The summed E-state index contributed by atoms with van der Waals surface area (Å²) in [6.45, 7) is 2.44. The van der Waals surface area contributed by atoms with E-state index in [4.69, 9.17) is 9.99 Å². The Morgan fingerprint density at radius 3 is 2.36 bits per heavy atom. The quantitative estimate of drug-likeness (QED) is 0.313. The van der Waals surface area contributed by atoms with Crippen LogP contribution in [0.2, 0.25) is 0 Å². The lowest BCUT2D eigenvalue weighted by molar-refractivity contribution is -0.276. The molecule has 0 aromatic heterocycles. The molecule has 0 radical (unpaired) electrons. The first-order chi connectivity index (χ1) is 6.70. The highest BCUT2D eigenvalue weighted by Gasteiger charge is 2.11. The van der Waals surface area contributed by atoms with Gasteiger partial charge in [-0.3, -0.25) is 4.89 Å². The molecule has 8 heteroatoms. The zero-order valence-corrected chi connectivity index (χ0v) is 7.43. The molecule has 0 saturated heterocycles. The molecule has 0 aliphatic rings. The van der Waals surface area contributed by atoms with Crippen LogP contribution < -0.4 is 0 Å². The van der Waals surface area contributed by atoms with Gasteiger partial charge in [0.2, 0.25) is 0 Å². The molecule has 0 saturated carbocycles. The van der Waals surface area contributed by atoms with Crippen molar-refractivity contribution in [2.24, 2.45) is 0 Å². The van der Waals surface area contributed by atoms with Gasteiger partial charge in [-0.2, -0.15) is 24.6 Å². The van der Waals surface area contributed by atoms with Gasteiger partial charge in [0, 0.05) is 6.61 Å². The molecule has 0 aliphatic carbocycles. The first-order valence-electron chi connectivity index (χ1n) is 3.65. The van der Waals surface area contributed by atoms with Gasteiger partial charge in [-0.05, 0) is 6.92 Å². The summed E-state index contributed by atoms with van der Waals surface area (Å²) in [6, 6.07) is 0. The predicted octanol–water partition coefficient (Wildman–Crippen LogP) is 0.717. The van der Waals surface area contributed by atoms with E-state index in [-0.39, 0.29) is 13.2 Å². The fourth-order valence-electron chi connectivity index (χ4n) is 0.436. The Morgan fingerprint density at radius 2 is 1.79 bits per heavy atom. The third kappa shape index (κ3) is 7.13. The van der Waals surface area contributed by atoms with Gasteiger partial charge in [-0.1, -0.05) is 0 Å². The molecule has 8 nitrogen and oxygen atoms in total. The smallest absolute Gasteiger partial charge is 0.429 e. The Bertz CT molecular complexity index is 179. The Morgan fingerprint density at radius 1 is 1.14 bits per heavy atom. The number of ether oxygens (including phenoxy) is 2. The van der Waals surface area contributed by atoms with Crippen molar-refractivity contribution >= 4 is 12.3 Å². The number of rotatable bonds is 4. The van der Waals surface area contributed by atoms with Crippen LogP contribution in [-0.4, -0.2) is 37.4 Å². The van der Waals surface area contributed by atoms with Crippen molar-refractivity contribution in [3.8, 4) is 0 Å². The lowest BCUT2D eigenvalue weighted by Crippen LogP contribution is -2.15. The predicted molar refractivity (Wildman–Crippen MR) is 39.1 cm³/mol. The molecule has 1 N–H and O–H groups in total. The average Bonchev–Trinajstić information content (AvgIpc) is 2.21. The molecule has 0 aromatic rings. The highest BCUT2D eigenvalue weighted by Crippen LogP contribution is 1.89. The third-order valence-electron chi connectivity index (χ3n) is 0.904. The van der Waals surface area contributed by atoms with E-state index >= 15 is 0 Å². The summed E-state index contributed by atoms with van der Waals surface area (Å²) in [6.07, 6.45) is -2.82. The summed E-state index contributed by atoms with van der Waals surface area (Å²) in [5.74, 6) is 0. The van der Waals surface area contributed by atoms with E-state index in [0.717, 1.165) is 0 Å². The Kier molecular flexibility index (Phi) is 7.19. The van der Waals surface area contributed by atoms with E-state index < -0.39 is 12.3 Å². The van der Waals surface area contributed by atoms with Crippen LogP contribution in [0.25, 0.3) is 0 Å². The molecule has 0 unspecified atom stereocenters. The first-order valence-corrected chi connectivity index (χ1v) is 3.65. The van der Waals surface area contributed by atoms with E-state index in [1.54, 1.807) is 6.92 Å². The van der Waals surface area contributed by atoms with Crippen molar-refractivity contribution in [1.29, 1.82) is 0 Å². The standard InChI is InChI=1S/C6H10O8/c1-2-10-3-4-11-5(7)13-14-6(8)12-9/h9H,2-4H2,1H3. The second-order valence-electron chi connectivity index (χ2n) is 1.80. The molecule has 0 aliphatic heterocycles. The monoisotopic (exact) mass is 210 g/mol. The minimum atomic E-state index is -1.58. The van der Waals surface area contributed by atoms with Crippen molar-refractivity contribution in [1.82, 2.24) is 0 Å². The molecule has 0 spiro atoms. The van der Waals surface area contributed by atoms with E-state index in [0.29, 0.717) is 6.61 Å². The second kappa shape index (κ2) is 8.08. The molecular formula is C6H10O8. The highest BCUT2D eigenvalue weighted by molar-refractivity contribution is 5.63. The molecule has 0 rings (SSSR count). The Hall–Kier alpha value is -1.54. The topological polar surface area (TPSA) is 101 Å². The van der Waals surface area contributed by atoms with Crippen LogP contribution in [0, 0.1) is 0 Å². The van der Waals surface area contributed by atoms with Crippen LogP contribution in [-0.2, 0) is 24.1 Å². The maximum atomic E-state index is 10.5. The zero-order chi connectivity index (χ0) is 10.8. The van der Waals surface area contributed by atoms with Crippen LogP contribution in [0.5, 0.6) is 0 Å². The number of hydrogen-bond donors (Lipinski definition) is 1. The van der Waals surface area contributed by atoms with Gasteiger partial charge < -0.3 is 9.47 Å². The molecule has 82 valence electrons. The fraction of sp³-hybridized carbons (Fsp3) is 0.667. The van der Waals surface area contributed by atoms with Crippen molar-refractivity contribution in [2.75, 3.05) is 19.8 Å². The van der Waals surface area contributed by atoms with E-state index in [9.17, 15) is 9.59 Å². The summed E-state index contributed by atoms with van der Waals surface area (Å²) in [4.78, 5) is 30.9. The molecular weight excluding hydrogens is 200 g/mol. The number of hydrogen-bond acceptors (Lipinski definition) is 8. The fourth-order valence-corrected chi connectivity index (χ4v) is 0.436. The zero-order valence-electron chi connectivity index (χ0n) is 7.43. The van der Waals surface area contributed by atoms with Crippen molar-refractivity contribution in [3.05, 3.63) is 0 Å². The van der Waals surface area contributed by atoms with Crippen LogP contribution in [0.1, 0.15) is 6.92 Å². The van der Waals surface area contributed by atoms with Gasteiger partial charge >= 0.3 is 12.3 Å². The van der Waals surface area contributed by atoms with Gasteiger partial charge in [0.1, 0.15) is 6.61 Å². The summed E-state index contributed by atoms with van der Waals surface area (Å²) >= 11 is 0. The van der Waals surface area contributed by atoms with Gasteiger partial charge in [0.25, 0.3) is 0 Å². The van der Waals surface area contributed by atoms with Gasteiger partial charge in [0.05, 0.1) is 6.61 Å². The molecule has 14 heavy (non-hydrogen) atoms. The van der Waals surface area contributed by atoms with Crippen LogP contribution in [0.4, 0.5) is 9.59 Å². The summed E-state index contributed by atoms with van der Waals surface area (Å²) in [5, 5.41) is 7.67. The summed E-state index contributed by atoms with van der Waals surface area (Å²) in [7, 11) is 0. The van der Waals surface area contributed by atoms with E-state index in [1.807, 2.05) is 0 Å². The average molecular weight is 210 g/mol. The normalized spacial score (nSPS) is 9.00. The largest absolute Gasteiger partial charge is 0.582 e. The van der Waals surface area contributed by atoms with Crippen molar-refractivity contribution in [2.45, 2.75) is 6.92 Å². The third-order valence-corrected chi connectivity index (χ3v) is 0.904. The van der Waals surface area contributed by atoms with E-state index in [1.165, 1.54) is 0 Å². The molecule has 0 bridgehead atoms. The van der Waals surface area contributed by atoms with E-state index in [2.05, 4.69) is 19.4 Å². The van der Waals surface area contributed by atoms with Gasteiger partial charge in [-0.25, -0.2) is 0 Å². The van der Waals surface area contributed by atoms with Gasteiger partial charge in [-0.15, -0.1) is 0 Å². The minimum absolute atomic E-state index is 0.0375. The molecule has 0 heterocycles. The Labute approximate surface area is 79.1 Å². The SMILES string of the molecule is CCOCCOC(=O)OOC(=O)OO. The maximum Gasteiger partial charge on any atom is 0.582 e. The summed E-state index contributed by atoms with van der Waals surface area (Å²) in [5.41, 5.74) is 0. The Balaban J connectivity index is 3.32. The van der Waals surface area contributed by atoms with Crippen LogP contribution in [0.3, 0.4) is 0 Å². The minimum Gasteiger partial charge on any atom is -0.429 e. The number of carbonyl (C=O) groups excluding carboxylic acids is 2. The number of carbonyl (C=O) groups is 2. The second-order valence-corrected chi connectivity index (χ2v) is 1.80. The molecule has 0 aromatic carbocycles. The maximum absolute atomic E-state index is 10.5. The van der Waals surface area contributed by atoms with Crippen LogP contribution >= 0.6 is 0 Å². The lowest BCUT2D eigenvalue weighted by atomic mass is 10.7. The summed E-state index contributed by atoms with van der Waals surface area (Å²) < 4.78 is 9.16. The molecule has 0 amide bonds. The van der Waals surface area contributed by atoms with Crippen molar-refractivity contribution in [3.63, 3.8) is 0 Å². The first kappa shape index (κ1) is 12.5. The highest BCUT2D eigenvalue weighted by atomic mass is 17.3. The molecule has 0 fully saturated rings.